The third-order valence-corrected chi connectivity index (χ3v) is 4.70. The molecule has 0 radical (unpaired) electrons. The first-order chi connectivity index (χ1) is 14.2. The van der Waals surface area contributed by atoms with Gasteiger partial charge in [-0.1, -0.05) is 30.3 Å². The highest BCUT2D eigenvalue weighted by molar-refractivity contribution is 6.06. The van der Waals surface area contributed by atoms with Crippen molar-refractivity contribution >= 4 is 29.1 Å². The molecule has 1 amide bonds. The first-order valence-corrected chi connectivity index (χ1v) is 9.42. The summed E-state index contributed by atoms with van der Waals surface area (Å²) in [6.45, 7) is 2.67. The van der Waals surface area contributed by atoms with Crippen LogP contribution in [-0.4, -0.2) is 35.0 Å². The van der Waals surface area contributed by atoms with Crippen molar-refractivity contribution in [2.75, 3.05) is 23.4 Å². The highest BCUT2D eigenvalue weighted by Crippen LogP contribution is 2.29. The second kappa shape index (κ2) is 8.10. The molecule has 1 aliphatic heterocycles. The number of fused-ring (bicyclic) bond motifs is 1. The van der Waals surface area contributed by atoms with Crippen LogP contribution in [0.4, 0.5) is 17.2 Å². The van der Waals surface area contributed by atoms with Gasteiger partial charge in [-0.25, -0.2) is 14.8 Å². The van der Waals surface area contributed by atoms with E-state index < -0.39 is 5.97 Å². The van der Waals surface area contributed by atoms with Crippen LogP contribution in [0.5, 0.6) is 0 Å². The summed E-state index contributed by atoms with van der Waals surface area (Å²) in [4.78, 5) is 35.2. The van der Waals surface area contributed by atoms with Gasteiger partial charge in [0.1, 0.15) is 17.8 Å². The van der Waals surface area contributed by atoms with E-state index in [1.54, 1.807) is 42.2 Å². The van der Waals surface area contributed by atoms with E-state index >= 15 is 0 Å². The number of esters is 1. The quantitative estimate of drug-likeness (QED) is 0.673. The number of nitrogens with one attached hydrogen (secondary N) is 1. The Balaban J connectivity index is 1.58. The van der Waals surface area contributed by atoms with Gasteiger partial charge in [0.2, 0.25) is 0 Å². The smallest absolute Gasteiger partial charge is 0.340 e. The summed E-state index contributed by atoms with van der Waals surface area (Å²) in [6.07, 6.45) is 2.16. The SMILES string of the molecule is CCOC(=O)c1ccccc1Nc1cc(C(=O)N2CCc3ccccc32)ncn1. The lowest BCUT2D eigenvalue weighted by atomic mass is 10.1. The van der Waals surface area contributed by atoms with Crippen molar-refractivity contribution in [3.8, 4) is 0 Å². The number of nitrogens with zero attached hydrogens (tertiary/aromatic N) is 3. The molecule has 29 heavy (non-hydrogen) atoms. The lowest BCUT2D eigenvalue weighted by molar-refractivity contribution is 0.0527. The van der Waals surface area contributed by atoms with Gasteiger partial charge in [-0.3, -0.25) is 4.79 Å². The zero-order valence-electron chi connectivity index (χ0n) is 16.0. The number of anilines is 3. The molecule has 7 nitrogen and oxygen atoms in total. The number of carbonyl (C=O) groups is 2. The Labute approximate surface area is 168 Å². The fraction of sp³-hybridized carbons (Fsp3) is 0.182. The van der Waals surface area contributed by atoms with Gasteiger partial charge in [0, 0.05) is 18.3 Å². The summed E-state index contributed by atoms with van der Waals surface area (Å²) in [5.41, 5.74) is 3.30. The normalized spacial score (nSPS) is 12.4. The van der Waals surface area contributed by atoms with Crippen LogP contribution < -0.4 is 10.2 Å². The highest BCUT2D eigenvalue weighted by Gasteiger charge is 2.26. The van der Waals surface area contributed by atoms with E-state index in [1.807, 2.05) is 24.3 Å². The molecule has 1 N–H and O–H groups in total. The summed E-state index contributed by atoms with van der Waals surface area (Å²) < 4.78 is 5.10. The second-order valence-corrected chi connectivity index (χ2v) is 6.52. The van der Waals surface area contributed by atoms with Crippen LogP contribution in [0.2, 0.25) is 0 Å². The van der Waals surface area contributed by atoms with Crippen molar-refractivity contribution in [2.45, 2.75) is 13.3 Å². The molecule has 2 heterocycles. The van der Waals surface area contributed by atoms with E-state index in [9.17, 15) is 9.59 Å². The van der Waals surface area contributed by atoms with E-state index in [1.165, 1.54) is 6.33 Å². The highest BCUT2D eigenvalue weighted by atomic mass is 16.5. The van der Waals surface area contributed by atoms with Crippen LogP contribution in [0.15, 0.2) is 60.9 Å². The van der Waals surface area contributed by atoms with Crippen LogP contribution in [0.25, 0.3) is 0 Å². The average molecular weight is 388 g/mol. The first kappa shape index (κ1) is 18.6. The number of rotatable bonds is 5. The number of amides is 1. The standard InChI is InChI=1S/C22H20N4O3/c1-2-29-22(28)16-8-4-5-9-17(16)25-20-13-18(23-14-24-20)21(27)26-12-11-15-7-3-6-10-19(15)26/h3-10,13-14H,2,11-12H2,1H3,(H,23,24,25). The molecule has 0 aliphatic carbocycles. The predicted octanol–water partition coefficient (Wildman–Crippen LogP) is 3.60. The van der Waals surface area contributed by atoms with Gasteiger partial charge >= 0.3 is 5.97 Å². The molecule has 1 aromatic heterocycles. The van der Waals surface area contributed by atoms with E-state index in [4.69, 9.17) is 4.74 Å². The van der Waals surface area contributed by atoms with E-state index in [-0.39, 0.29) is 18.2 Å². The van der Waals surface area contributed by atoms with Crippen molar-refractivity contribution in [1.29, 1.82) is 0 Å². The van der Waals surface area contributed by atoms with Crippen LogP contribution >= 0.6 is 0 Å². The molecule has 1 aliphatic rings. The van der Waals surface area contributed by atoms with Crippen molar-refractivity contribution in [3.63, 3.8) is 0 Å². The third kappa shape index (κ3) is 3.80. The third-order valence-electron chi connectivity index (χ3n) is 4.70. The summed E-state index contributed by atoms with van der Waals surface area (Å²) in [5, 5.41) is 3.09. The molecule has 0 bridgehead atoms. The summed E-state index contributed by atoms with van der Waals surface area (Å²) in [6, 6.07) is 16.4. The van der Waals surface area contributed by atoms with Gasteiger partial charge in [-0.05, 0) is 37.1 Å². The Morgan fingerprint density at radius 1 is 1.10 bits per heavy atom. The lowest BCUT2D eigenvalue weighted by Crippen LogP contribution is -2.29. The van der Waals surface area contributed by atoms with Crippen LogP contribution in [-0.2, 0) is 11.2 Å². The largest absolute Gasteiger partial charge is 0.462 e. The Kier molecular flexibility index (Phi) is 5.20. The molecule has 0 atom stereocenters. The van der Waals surface area contributed by atoms with E-state index in [0.717, 1.165) is 17.7 Å². The number of hydrogen-bond acceptors (Lipinski definition) is 6. The maximum absolute atomic E-state index is 13.0. The molecular weight excluding hydrogens is 368 g/mol. The molecule has 0 unspecified atom stereocenters. The Bertz CT molecular complexity index is 1070. The molecule has 0 fully saturated rings. The van der Waals surface area contributed by atoms with Crippen LogP contribution in [0, 0.1) is 0 Å². The maximum Gasteiger partial charge on any atom is 0.340 e. The Hall–Kier alpha value is -3.74. The number of ether oxygens (including phenoxy) is 1. The summed E-state index contributed by atoms with van der Waals surface area (Å²) in [7, 11) is 0. The van der Waals surface area contributed by atoms with Gasteiger partial charge in [-0.15, -0.1) is 0 Å². The molecule has 2 aromatic carbocycles. The van der Waals surface area contributed by atoms with Crippen molar-refractivity contribution in [2.24, 2.45) is 0 Å². The number of aromatic nitrogens is 2. The zero-order valence-corrected chi connectivity index (χ0v) is 16.0. The van der Waals surface area contributed by atoms with E-state index in [2.05, 4.69) is 15.3 Å². The fourth-order valence-electron chi connectivity index (χ4n) is 3.35. The van der Waals surface area contributed by atoms with Crippen molar-refractivity contribution < 1.29 is 14.3 Å². The molecule has 3 aromatic rings. The molecule has 7 heteroatoms. The Morgan fingerprint density at radius 2 is 1.90 bits per heavy atom. The lowest BCUT2D eigenvalue weighted by Gasteiger charge is -2.17. The molecule has 0 saturated carbocycles. The molecule has 4 rings (SSSR count). The molecule has 146 valence electrons. The second-order valence-electron chi connectivity index (χ2n) is 6.52. The minimum atomic E-state index is -0.422. The van der Waals surface area contributed by atoms with Crippen LogP contribution in [0.3, 0.4) is 0 Å². The number of carbonyl (C=O) groups excluding carboxylic acids is 2. The maximum atomic E-state index is 13.0. The van der Waals surface area contributed by atoms with Gasteiger partial charge in [0.15, 0.2) is 0 Å². The molecule has 0 saturated heterocycles. The summed E-state index contributed by atoms with van der Waals surface area (Å²) in [5.74, 6) is -0.179. The number of benzene rings is 2. The minimum absolute atomic E-state index is 0.181. The number of hydrogen-bond donors (Lipinski definition) is 1. The van der Waals surface area contributed by atoms with Crippen LogP contribution in [0.1, 0.15) is 33.3 Å². The minimum Gasteiger partial charge on any atom is -0.462 e. The zero-order chi connectivity index (χ0) is 20.2. The molecule has 0 spiro atoms. The van der Waals surface area contributed by atoms with Gasteiger partial charge in [0.25, 0.3) is 5.91 Å². The van der Waals surface area contributed by atoms with Gasteiger partial charge < -0.3 is 15.0 Å². The topological polar surface area (TPSA) is 84.4 Å². The predicted molar refractivity (Wildman–Crippen MR) is 110 cm³/mol. The monoisotopic (exact) mass is 388 g/mol. The van der Waals surface area contributed by atoms with Gasteiger partial charge in [-0.2, -0.15) is 0 Å². The Morgan fingerprint density at radius 3 is 2.76 bits per heavy atom. The average Bonchev–Trinajstić information content (AvgIpc) is 3.18. The van der Waals surface area contributed by atoms with Gasteiger partial charge in [0.05, 0.1) is 17.9 Å². The van der Waals surface area contributed by atoms with Crippen molar-refractivity contribution in [1.82, 2.24) is 9.97 Å². The summed E-state index contributed by atoms with van der Waals surface area (Å²) >= 11 is 0. The van der Waals surface area contributed by atoms with Crippen molar-refractivity contribution in [3.05, 3.63) is 77.7 Å². The van der Waals surface area contributed by atoms with E-state index in [0.29, 0.717) is 23.6 Å². The fourth-order valence-corrected chi connectivity index (χ4v) is 3.35. The first-order valence-electron chi connectivity index (χ1n) is 9.42. The molecular formula is C22H20N4O3. The number of para-hydroxylation sites is 2.